The summed E-state index contributed by atoms with van der Waals surface area (Å²) in [6.07, 6.45) is 4.20. The number of nitrogens with zero attached hydrogens (tertiary/aromatic N) is 1. The molecule has 0 aromatic carbocycles. The van der Waals surface area contributed by atoms with Crippen LogP contribution in [0.1, 0.15) is 18.1 Å². The molecule has 84 valence electrons. The maximum atomic E-state index is 9.88. The van der Waals surface area contributed by atoms with Gasteiger partial charge in [0.2, 0.25) is 0 Å². The largest absolute Gasteiger partial charge is 0.388 e. The van der Waals surface area contributed by atoms with E-state index in [9.17, 15) is 5.11 Å². The second-order valence-electron chi connectivity index (χ2n) is 4.04. The van der Waals surface area contributed by atoms with Crippen molar-refractivity contribution in [2.24, 2.45) is 0 Å². The summed E-state index contributed by atoms with van der Waals surface area (Å²) >= 11 is 0. The molecule has 3 N–H and O–H groups in total. The van der Waals surface area contributed by atoms with E-state index in [0.717, 1.165) is 44.7 Å². The molecule has 4 nitrogen and oxygen atoms in total. The van der Waals surface area contributed by atoms with Crippen LogP contribution in [0.15, 0.2) is 18.5 Å². The van der Waals surface area contributed by atoms with Crippen LogP contribution in [0.3, 0.4) is 0 Å². The molecule has 1 aliphatic rings. The predicted molar refractivity (Wildman–Crippen MR) is 59.7 cm³/mol. The smallest absolute Gasteiger partial charge is 0.0816 e. The molecule has 1 unspecified atom stereocenters. The normalized spacial score (nSPS) is 20.3. The number of aliphatic hydroxyl groups excluding tert-OH is 1. The van der Waals surface area contributed by atoms with Crippen LogP contribution >= 0.6 is 0 Å². The van der Waals surface area contributed by atoms with Gasteiger partial charge in [-0.3, -0.25) is 0 Å². The summed E-state index contributed by atoms with van der Waals surface area (Å²) in [6.45, 7) is 5.31. The van der Waals surface area contributed by atoms with Gasteiger partial charge >= 0.3 is 0 Å². The highest BCUT2D eigenvalue weighted by molar-refractivity contribution is 5.11. The van der Waals surface area contributed by atoms with Crippen LogP contribution < -0.4 is 5.32 Å². The minimum absolute atomic E-state index is 0.328. The molecule has 1 fully saturated rings. The molecule has 1 aromatic rings. The second-order valence-corrected chi connectivity index (χ2v) is 4.04. The minimum atomic E-state index is -0.328. The number of H-pyrrole nitrogens is 1. The SMILES string of the molecule is OC(CCN1CCNCC1)c1cc[nH]c1. The summed E-state index contributed by atoms with van der Waals surface area (Å²) < 4.78 is 0. The number of hydrogen-bond acceptors (Lipinski definition) is 3. The first kappa shape index (κ1) is 10.7. The lowest BCUT2D eigenvalue weighted by atomic mass is 10.1. The van der Waals surface area contributed by atoms with E-state index < -0.39 is 0 Å². The van der Waals surface area contributed by atoms with Gasteiger partial charge in [0, 0.05) is 45.1 Å². The molecule has 1 aromatic heterocycles. The van der Waals surface area contributed by atoms with Crippen LogP contribution in [-0.4, -0.2) is 47.7 Å². The summed E-state index contributed by atoms with van der Waals surface area (Å²) in [5.74, 6) is 0. The summed E-state index contributed by atoms with van der Waals surface area (Å²) in [4.78, 5) is 5.36. The molecule has 2 heterocycles. The molecule has 0 amide bonds. The number of hydrogen-bond donors (Lipinski definition) is 3. The van der Waals surface area contributed by atoms with Crippen LogP contribution in [-0.2, 0) is 0 Å². The average molecular weight is 209 g/mol. The van der Waals surface area contributed by atoms with Gasteiger partial charge in [-0.05, 0) is 18.1 Å². The van der Waals surface area contributed by atoms with E-state index in [1.165, 1.54) is 0 Å². The van der Waals surface area contributed by atoms with Crippen LogP contribution in [0.5, 0.6) is 0 Å². The van der Waals surface area contributed by atoms with E-state index >= 15 is 0 Å². The minimum Gasteiger partial charge on any atom is -0.388 e. The Balaban J connectivity index is 1.73. The fourth-order valence-electron chi connectivity index (χ4n) is 1.95. The Kier molecular flexibility index (Phi) is 3.77. The van der Waals surface area contributed by atoms with Crippen molar-refractivity contribution < 1.29 is 5.11 Å². The van der Waals surface area contributed by atoms with Crippen LogP contribution in [0.2, 0.25) is 0 Å². The molecule has 0 radical (unpaired) electrons. The number of aromatic nitrogens is 1. The van der Waals surface area contributed by atoms with Gasteiger partial charge in [-0.15, -0.1) is 0 Å². The Labute approximate surface area is 90.3 Å². The van der Waals surface area contributed by atoms with Gasteiger partial charge in [0.1, 0.15) is 0 Å². The zero-order valence-electron chi connectivity index (χ0n) is 8.95. The summed E-state index contributed by atoms with van der Waals surface area (Å²) in [6, 6.07) is 1.93. The van der Waals surface area contributed by atoms with Gasteiger partial charge in [0.15, 0.2) is 0 Å². The van der Waals surface area contributed by atoms with E-state index in [2.05, 4.69) is 15.2 Å². The lowest BCUT2D eigenvalue weighted by Gasteiger charge is -2.27. The first-order chi connectivity index (χ1) is 7.36. The van der Waals surface area contributed by atoms with Crippen molar-refractivity contribution in [3.8, 4) is 0 Å². The fourth-order valence-corrected chi connectivity index (χ4v) is 1.95. The molecule has 0 bridgehead atoms. The van der Waals surface area contributed by atoms with E-state index in [1.54, 1.807) is 0 Å². The van der Waals surface area contributed by atoms with Gasteiger partial charge in [0.25, 0.3) is 0 Å². The number of aromatic amines is 1. The van der Waals surface area contributed by atoms with Crippen LogP contribution in [0.4, 0.5) is 0 Å². The lowest BCUT2D eigenvalue weighted by Crippen LogP contribution is -2.44. The van der Waals surface area contributed by atoms with Crippen LogP contribution in [0, 0.1) is 0 Å². The number of aliphatic hydroxyl groups is 1. The molecule has 0 aliphatic carbocycles. The Morgan fingerprint density at radius 1 is 1.40 bits per heavy atom. The second kappa shape index (κ2) is 5.30. The fraction of sp³-hybridized carbons (Fsp3) is 0.636. The lowest BCUT2D eigenvalue weighted by molar-refractivity contribution is 0.137. The average Bonchev–Trinajstić information content (AvgIpc) is 2.81. The molecular weight excluding hydrogens is 190 g/mol. The molecule has 0 spiro atoms. The van der Waals surface area contributed by atoms with E-state index in [4.69, 9.17) is 0 Å². The molecule has 15 heavy (non-hydrogen) atoms. The van der Waals surface area contributed by atoms with Crippen molar-refractivity contribution in [2.45, 2.75) is 12.5 Å². The first-order valence-electron chi connectivity index (χ1n) is 5.60. The van der Waals surface area contributed by atoms with Crippen molar-refractivity contribution in [3.63, 3.8) is 0 Å². The van der Waals surface area contributed by atoms with E-state index in [0.29, 0.717) is 0 Å². The highest BCUT2D eigenvalue weighted by Gasteiger charge is 2.12. The molecule has 1 atom stereocenters. The van der Waals surface area contributed by atoms with Crippen molar-refractivity contribution in [1.29, 1.82) is 0 Å². The van der Waals surface area contributed by atoms with Crippen molar-refractivity contribution in [1.82, 2.24) is 15.2 Å². The van der Waals surface area contributed by atoms with Gasteiger partial charge in [-0.25, -0.2) is 0 Å². The molecule has 2 rings (SSSR count). The molecular formula is C11H19N3O. The number of nitrogens with one attached hydrogen (secondary N) is 2. The summed E-state index contributed by atoms with van der Waals surface area (Å²) in [5, 5.41) is 13.2. The Hall–Kier alpha value is -0.840. The third-order valence-electron chi connectivity index (χ3n) is 2.94. The van der Waals surface area contributed by atoms with Crippen molar-refractivity contribution >= 4 is 0 Å². The maximum Gasteiger partial charge on any atom is 0.0816 e. The zero-order chi connectivity index (χ0) is 10.5. The first-order valence-corrected chi connectivity index (χ1v) is 5.60. The van der Waals surface area contributed by atoms with Gasteiger partial charge in [-0.1, -0.05) is 0 Å². The molecule has 0 saturated carbocycles. The van der Waals surface area contributed by atoms with E-state index in [-0.39, 0.29) is 6.10 Å². The third-order valence-corrected chi connectivity index (χ3v) is 2.94. The van der Waals surface area contributed by atoms with Gasteiger partial charge in [0.05, 0.1) is 6.10 Å². The van der Waals surface area contributed by atoms with Crippen molar-refractivity contribution in [3.05, 3.63) is 24.0 Å². The number of rotatable bonds is 4. The maximum absolute atomic E-state index is 9.88. The van der Waals surface area contributed by atoms with Crippen molar-refractivity contribution in [2.75, 3.05) is 32.7 Å². The summed E-state index contributed by atoms with van der Waals surface area (Å²) in [7, 11) is 0. The van der Waals surface area contributed by atoms with Gasteiger partial charge < -0.3 is 20.3 Å². The third kappa shape index (κ3) is 3.06. The summed E-state index contributed by atoms with van der Waals surface area (Å²) in [5.41, 5.74) is 0.991. The van der Waals surface area contributed by atoms with Crippen LogP contribution in [0.25, 0.3) is 0 Å². The highest BCUT2D eigenvalue weighted by atomic mass is 16.3. The molecule has 1 saturated heterocycles. The Morgan fingerprint density at radius 2 is 2.20 bits per heavy atom. The van der Waals surface area contributed by atoms with E-state index in [1.807, 2.05) is 18.5 Å². The Morgan fingerprint density at radius 3 is 2.87 bits per heavy atom. The topological polar surface area (TPSA) is 51.3 Å². The predicted octanol–water partition coefficient (Wildman–Crippen LogP) is 0.343. The Bertz CT molecular complexity index is 267. The standard InChI is InChI=1S/C11H19N3O/c15-11(10-1-3-13-9-10)2-6-14-7-4-12-5-8-14/h1,3,9,11-13,15H,2,4-8H2. The van der Waals surface area contributed by atoms with Gasteiger partial charge in [-0.2, -0.15) is 0 Å². The highest BCUT2D eigenvalue weighted by Crippen LogP contribution is 2.15. The number of piperazine rings is 1. The monoisotopic (exact) mass is 209 g/mol. The zero-order valence-corrected chi connectivity index (χ0v) is 8.95. The quantitative estimate of drug-likeness (QED) is 0.670. The molecule has 4 heteroatoms. The molecule has 1 aliphatic heterocycles.